The third-order valence-electron chi connectivity index (χ3n) is 22.3. The van der Waals surface area contributed by atoms with Crippen LogP contribution in [0.2, 0.25) is 0 Å². The molecule has 0 spiro atoms. The molecule has 2 aromatic heterocycles. The van der Waals surface area contributed by atoms with E-state index in [-0.39, 0.29) is 68.1 Å². The number of fused-ring (bicyclic) bond motifs is 4. The SMILES string of the molecule is CO[C@H]1C[C@@H]2CC[C@@H](C)[C@@](O)(O2)C(=O)C(=O)N2CCCC[C@H]2C(=O)O[C@H]([C@H](N)C[C@@H]2CC[C@@H](OC(=O)N3CCc4nc(N5CCN(C(=O)CCOCCN6CCN(c7ncc(C(C)=O)cn7)CC6)CC5)ncc4C3)[C@H](OC)C2)CC(=O)[C@H](C)/C=C(\C)[C@@H](O)[C@@H](OC)C(=O)[C@H](C)C[C@H](C)/C=C/C=CC=C1C. The highest BCUT2D eigenvalue weighted by Crippen LogP contribution is 2.38. The van der Waals surface area contributed by atoms with Crippen molar-refractivity contribution < 1.29 is 81.7 Å². The van der Waals surface area contributed by atoms with Crippen LogP contribution in [0.15, 0.2) is 66.2 Å². The number of nitrogens with two attached hydrogens (primary N) is 1. The van der Waals surface area contributed by atoms with Gasteiger partial charge in [0.25, 0.3) is 11.7 Å². The summed E-state index contributed by atoms with van der Waals surface area (Å²) in [4.78, 5) is 141. The van der Waals surface area contributed by atoms with E-state index in [2.05, 4.69) is 24.7 Å². The molecule has 105 heavy (non-hydrogen) atoms. The number of aliphatic hydroxyl groups excluding tert-OH is 1. The number of aliphatic hydroxyl groups is 2. The molecular formula is C77H113N11O17. The number of anilines is 2. The topological polar surface area (TPSA) is 339 Å². The third kappa shape index (κ3) is 21.5. The Morgan fingerprint density at radius 1 is 0.752 bits per heavy atom. The van der Waals surface area contributed by atoms with Gasteiger partial charge in [0.1, 0.15) is 36.2 Å². The fraction of sp³-hybridized carbons (Fsp3) is 0.688. The van der Waals surface area contributed by atoms with E-state index in [1.54, 1.807) is 71.5 Å². The van der Waals surface area contributed by atoms with Crippen LogP contribution in [0.1, 0.15) is 154 Å². The van der Waals surface area contributed by atoms with Crippen LogP contribution < -0.4 is 15.5 Å². The lowest BCUT2D eigenvalue weighted by molar-refractivity contribution is -0.265. The second kappa shape index (κ2) is 38.5. The number of Topliss-reactive ketones (excluding diaryl/α,β-unsaturated/α-hetero) is 4. The predicted octanol–water partition coefficient (Wildman–Crippen LogP) is 5.73. The van der Waals surface area contributed by atoms with Crippen molar-refractivity contribution in [2.24, 2.45) is 35.3 Å². The summed E-state index contributed by atoms with van der Waals surface area (Å²) in [6, 6.07) is -2.21. The van der Waals surface area contributed by atoms with Crippen LogP contribution in [-0.2, 0) is 74.9 Å². The molecule has 28 nitrogen and oxygen atoms in total. The highest BCUT2D eigenvalue weighted by atomic mass is 16.6. The Balaban J connectivity index is 0.789. The van der Waals surface area contributed by atoms with Crippen molar-refractivity contribution in [3.63, 3.8) is 0 Å². The van der Waals surface area contributed by atoms with Crippen LogP contribution in [-0.4, -0.2) is 264 Å². The van der Waals surface area contributed by atoms with Crippen molar-refractivity contribution in [1.29, 1.82) is 0 Å². The zero-order valence-electron chi connectivity index (χ0n) is 63.1. The standard InChI is InChI=1S/C77H113N11O17/c1-48-16-12-11-13-17-49(2)64(99-8)42-58-21-19-53(6)77(98,105-58)71(94)72(95)88-25-15-14-18-61(88)73(96)103-65(43-62(90)50(3)39-52(5)69(93)70(101-10)68(92)51(4)38-48)59(78)40-55-20-22-63(66(41-55)100-9)104-76(97)87-26-23-60-57(47-87)46-81-75(82-60)86-33-31-84(32-34-86)67(91)24-36-102-37-35-83-27-29-85(30-28-83)74-79-44-56(45-80-74)54(7)89/h11-13,16-17,39,44-46,48,50-51,53,55,58-59,61,63-66,69-70,93,98H,14-15,18-38,40-43,47,78H2,1-10H3/b13-11?,16-12+,49-17?,52-39+/t48-,50-,51-,53-,55+,58+,59-,61+,63-,64+,65+,66-,69-,70+,77-/m1/s1. The van der Waals surface area contributed by atoms with Crippen LogP contribution >= 0.6 is 0 Å². The number of ether oxygens (including phenoxy) is 7. The smallest absolute Gasteiger partial charge is 0.410 e. The van der Waals surface area contributed by atoms with E-state index in [0.717, 1.165) is 54.5 Å². The summed E-state index contributed by atoms with van der Waals surface area (Å²) in [5, 5.41) is 23.8. The summed E-state index contributed by atoms with van der Waals surface area (Å²) in [5.41, 5.74) is 10.4. The first-order chi connectivity index (χ1) is 50.3. The van der Waals surface area contributed by atoms with Gasteiger partial charge in [-0.05, 0) is 108 Å². The number of methoxy groups -OCH3 is 3. The second-order valence-corrected chi connectivity index (χ2v) is 29.8. The first kappa shape index (κ1) is 81.8. The summed E-state index contributed by atoms with van der Waals surface area (Å²) in [6.07, 6.45) is 14.0. The molecule has 15 atom stereocenters. The van der Waals surface area contributed by atoms with Gasteiger partial charge in [-0.1, -0.05) is 64.2 Å². The van der Waals surface area contributed by atoms with Crippen LogP contribution in [0.5, 0.6) is 0 Å². The van der Waals surface area contributed by atoms with Gasteiger partial charge in [0, 0.05) is 161 Å². The Morgan fingerprint density at radius 2 is 1.47 bits per heavy atom. The van der Waals surface area contributed by atoms with Gasteiger partial charge >= 0.3 is 12.1 Å². The van der Waals surface area contributed by atoms with Crippen LogP contribution in [0.25, 0.3) is 0 Å². The Kier molecular flexibility index (Phi) is 30.0. The highest BCUT2D eigenvalue weighted by Gasteiger charge is 2.53. The number of carbonyl (C=O) groups excluding carboxylic acids is 8. The summed E-state index contributed by atoms with van der Waals surface area (Å²) in [6.45, 7) is 19.7. The Hall–Kier alpha value is -7.28. The quantitative estimate of drug-likeness (QED) is 0.0593. The molecule has 578 valence electrons. The number of cyclic esters (lactones) is 1. The first-order valence-electron chi connectivity index (χ1n) is 37.7. The number of aromatic nitrogens is 4. The minimum Gasteiger partial charge on any atom is -0.459 e. The summed E-state index contributed by atoms with van der Waals surface area (Å²) in [7, 11) is 4.47. The molecule has 8 heterocycles. The fourth-order valence-corrected chi connectivity index (χ4v) is 15.4. The van der Waals surface area contributed by atoms with E-state index in [1.165, 1.54) is 14.0 Å². The van der Waals surface area contributed by atoms with Crippen molar-refractivity contribution >= 4 is 58.9 Å². The molecule has 0 unspecified atom stereocenters. The van der Waals surface area contributed by atoms with Gasteiger partial charge in [-0.25, -0.2) is 29.5 Å². The highest BCUT2D eigenvalue weighted by molar-refractivity contribution is 6.39. The zero-order chi connectivity index (χ0) is 75.6. The second-order valence-electron chi connectivity index (χ2n) is 29.8. The van der Waals surface area contributed by atoms with Gasteiger partial charge in [0.2, 0.25) is 23.6 Å². The van der Waals surface area contributed by atoms with E-state index >= 15 is 0 Å². The maximum absolute atomic E-state index is 14.8. The monoisotopic (exact) mass is 1460 g/mol. The third-order valence-corrected chi connectivity index (χ3v) is 22.3. The Labute approximate surface area is 617 Å². The summed E-state index contributed by atoms with van der Waals surface area (Å²) >= 11 is 0. The molecule has 0 aromatic carbocycles. The number of nitrogens with zero attached hydrogens (tertiary/aromatic N) is 10. The molecular weight excluding hydrogens is 1350 g/mol. The molecule has 1 aliphatic carbocycles. The van der Waals surface area contributed by atoms with E-state index in [4.69, 9.17) is 48.9 Å². The molecule has 5 fully saturated rings. The normalized spacial score (nSPS) is 31.2. The number of piperidine rings is 1. The number of hydrogen-bond acceptors (Lipinski definition) is 25. The number of allylic oxidation sites excluding steroid dienone is 6. The molecule has 28 heteroatoms. The Morgan fingerprint density at radius 3 is 2.17 bits per heavy atom. The molecule has 9 rings (SSSR count). The minimum atomic E-state index is -2.50. The van der Waals surface area contributed by atoms with E-state index in [0.29, 0.717) is 133 Å². The van der Waals surface area contributed by atoms with E-state index in [1.807, 2.05) is 49.1 Å². The van der Waals surface area contributed by atoms with Gasteiger partial charge in [0.15, 0.2) is 11.6 Å². The van der Waals surface area contributed by atoms with Crippen molar-refractivity contribution in [3.8, 4) is 0 Å². The number of ketones is 4. The van der Waals surface area contributed by atoms with Gasteiger partial charge in [-0.3, -0.25) is 33.7 Å². The molecule has 3 amide bonds. The molecule has 2 aromatic rings. The van der Waals surface area contributed by atoms with Crippen molar-refractivity contribution in [3.05, 3.63) is 83.0 Å². The van der Waals surface area contributed by atoms with Crippen LogP contribution in [0.4, 0.5) is 16.7 Å². The number of rotatable bonds is 16. The van der Waals surface area contributed by atoms with Gasteiger partial charge in [-0.15, -0.1) is 0 Å². The maximum Gasteiger partial charge on any atom is 0.410 e. The van der Waals surface area contributed by atoms with Crippen molar-refractivity contribution in [2.75, 3.05) is 116 Å². The molecule has 7 aliphatic rings. The lowest BCUT2D eigenvalue weighted by Crippen LogP contribution is -2.61. The lowest BCUT2D eigenvalue weighted by atomic mass is 9.80. The molecule has 6 aliphatic heterocycles. The van der Waals surface area contributed by atoms with Crippen LogP contribution in [0.3, 0.4) is 0 Å². The zero-order valence-corrected chi connectivity index (χ0v) is 63.1. The lowest BCUT2D eigenvalue weighted by Gasteiger charge is -2.42. The van der Waals surface area contributed by atoms with Gasteiger partial charge < -0.3 is 73.6 Å². The molecule has 4 saturated heterocycles. The molecule has 0 radical (unpaired) electrons. The largest absolute Gasteiger partial charge is 0.459 e. The Bertz CT molecular complexity index is 3450. The average Bonchev–Trinajstić information content (AvgIpc) is 0.779. The summed E-state index contributed by atoms with van der Waals surface area (Å²) < 4.78 is 42.2. The fourth-order valence-electron chi connectivity index (χ4n) is 15.4. The molecule has 1 saturated carbocycles. The summed E-state index contributed by atoms with van der Waals surface area (Å²) in [5.74, 6) is -7.49. The number of hydrogen-bond donors (Lipinski definition) is 3. The predicted molar refractivity (Wildman–Crippen MR) is 389 cm³/mol. The average molecular weight is 1460 g/mol. The van der Waals surface area contributed by atoms with Crippen molar-refractivity contribution in [1.82, 2.24) is 39.5 Å². The van der Waals surface area contributed by atoms with E-state index in [9.17, 15) is 48.6 Å². The molecule has 2 bridgehead atoms. The number of esters is 1. The number of carbonyl (C=O) groups is 8. The minimum absolute atomic E-state index is 0.0116. The van der Waals surface area contributed by atoms with Gasteiger partial charge in [-0.2, -0.15) is 0 Å². The van der Waals surface area contributed by atoms with Crippen molar-refractivity contribution in [2.45, 2.75) is 206 Å². The van der Waals surface area contributed by atoms with Gasteiger partial charge in [0.05, 0.1) is 55.7 Å². The molecule has 4 N–H and O–H groups in total. The maximum atomic E-state index is 14.8. The van der Waals surface area contributed by atoms with E-state index < -0.39 is 108 Å². The number of piperazine rings is 2. The number of amides is 3. The first-order valence-corrected chi connectivity index (χ1v) is 37.7. The van der Waals surface area contributed by atoms with Crippen LogP contribution in [0, 0.1) is 29.6 Å².